The van der Waals surface area contributed by atoms with E-state index in [4.69, 9.17) is 14.2 Å². The van der Waals surface area contributed by atoms with Crippen molar-refractivity contribution in [2.45, 2.75) is 19.4 Å². The van der Waals surface area contributed by atoms with E-state index in [9.17, 15) is 5.26 Å². The van der Waals surface area contributed by atoms with Gasteiger partial charge >= 0.3 is 0 Å². The zero-order valence-electron chi connectivity index (χ0n) is 15.0. The van der Waals surface area contributed by atoms with E-state index in [2.05, 4.69) is 22.8 Å². The second kappa shape index (κ2) is 8.76. The highest BCUT2D eigenvalue weighted by Gasteiger charge is 2.28. The van der Waals surface area contributed by atoms with Gasteiger partial charge < -0.3 is 19.1 Å². The lowest BCUT2D eigenvalue weighted by molar-refractivity contribution is 0.113. The Hall–Kier alpha value is -1.97. The Labute approximate surface area is 144 Å². The molecule has 0 spiro atoms. The molecule has 24 heavy (non-hydrogen) atoms. The first kappa shape index (κ1) is 18.4. The van der Waals surface area contributed by atoms with E-state index in [0.717, 1.165) is 44.7 Å². The van der Waals surface area contributed by atoms with Crippen molar-refractivity contribution in [1.29, 1.82) is 5.26 Å². The second-order valence-corrected chi connectivity index (χ2v) is 5.86. The van der Waals surface area contributed by atoms with E-state index >= 15 is 0 Å². The molecule has 0 saturated carbocycles. The molecular weight excluding hydrogens is 306 g/mol. The van der Waals surface area contributed by atoms with Crippen molar-refractivity contribution in [2.24, 2.45) is 0 Å². The van der Waals surface area contributed by atoms with Gasteiger partial charge in [-0.2, -0.15) is 5.26 Å². The summed E-state index contributed by atoms with van der Waals surface area (Å²) >= 11 is 0. The maximum absolute atomic E-state index is 9.78. The van der Waals surface area contributed by atoms with Gasteiger partial charge in [0.1, 0.15) is 11.8 Å². The normalized spacial score (nSPS) is 17.1. The topological polar surface area (TPSA) is 58.0 Å². The Bertz CT molecular complexity index is 578. The number of nitrogens with zero attached hydrogens (tertiary/aromatic N) is 3. The van der Waals surface area contributed by atoms with Crippen LogP contribution in [0, 0.1) is 11.3 Å². The number of ether oxygens (including phenoxy) is 3. The third-order valence-corrected chi connectivity index (χ3v) is 4.46. The monoisotopic (exact) mass is 333 g/mol. The van der Waals surface area contributed by atoms with Crippen LogP contribution in [0.5, 0.6) is 17.2 Å². The summed E-state index contributed by atoms with van der Waals surface area (Å²) in [5.74, 6) is 1.86. The fourth-order valence-electron chi connectivity index (χ4n) is 3.18. The summed E-state index contributed by atoms with van der Waals surface area (Å²) in [4.78, 5) is 4.65. The maximum Gasteiger partial charge on any atom is 0.164 e. The Morgan fingerprint density at radius 1 is 1.00 bits per heavy atom. The number of hydrogen-bond donors (Lipinski definition) is 0. The lowest BCUT2D eigenvalue weighted by Gasteiger charge is -2.37. The van der Waals surface area contributed by atoms with Gasteiger partial charge in [0.15, 0.2) is 11.5 Å². The van der Waals surface area contributed by atoms with Crippen molar-refractivity contribution in [1.82, 2.24) is 9.80 Å². The van der Waals surface area contributed by atoms with E-state index < -0.39 is 0 Å². The van der Waals surface area contributed by atoms with E-state index in [1.807, 2.05) is 6.07 Å². The highest BCUT2D eigenvalue weighted by Crippen LogP contribution is 2.39. The Morgan fingerprint density at radius 3 is 2.08 bits per heavy atom. The molecule has 0 aromatic heterocycles. The first-order chi connectivity index (χ1) is 11.7. The SMILES string of the molecule is CCCN1CCN(C(C#N)c2cc(OC)c(OC)cc2OC)CC1. The fourth-order valence-corrected chi connectivity index (χ4v) is 3.18. The van der Waals surface area contributed by atoms with Gasteiger partial charge in [-0.05, 0) is 19.0 Å². The van der Waals surface area contributed by atoms with E-state index in [0.29, 0.717) is 17.2 Å². The summed E-state index contributed by atoms with van der Waals surface area (Å²) in [6, 6.07) is 5.71. The molecule has 2 rings (SSSR count). The number of methoxy groups -OCH3 is 3. The van der Waals surface area contributed by atoms with Crippen LogP contribution in [-0.2, 0) is 0 Å². The van der Waals surface area contributed by atoms with Gasteiger partial charge in [0, 0.05) is 37.8 Å². The number of rotatable bonds is 7. The molecule has 0 amide bonds. The van der Waals surface area contributed by atoms with Crippen LogP contribution in [0.4, 0.5) is 0 Å². The third kappa shape index (κ3) is 3.92. The molecular formula is C18H27N3O3. The first-order valence-corrected chi connectivity index (χ1v) is 8.34. The Kier molecular flexibility index (Phi) is 6.71. The molecule has 6 nitrogen and oxygen atoms in total. The molecule has 0 radical (unpaired) electrons. The van der Waals surface area contributed by atoms with E-state index in [1.54, 1.807) is 27.4 Å². The van der Waals surface area contributed by atoms with Gasteiger partial charge in [0.25, 0.3) is 0 Å². The van der Waals surface area contributed by atoms with Crippen LogP contribution in [-0.4, -0.2) is 63.9 Å². The van der Waals surface area contributed by atoms with Crippen LogP contribution in [0.1, 0.15) is 24.9 Å². The van der Waals surface area contributed by atoms with Crippen molar-refractivity contribution in [3.05, 3.63) is 17.7 Å². The molecule has 132 valence electrons. The molecule has 1 aromatic carbocycles. The molecule has 1 aliphatic rings. The lowest BCUT2D eigenvalue weighted by Crippen LogP contribution is -2.47. The summed E-state index contributed by atoms with van der Waals surface area (Å²) < 4.78 is 16.2. The van der Waals surface area contributed by atoms with Gasteiger partial charge in [-0.1, -0.05) is 6.92 Å². The minimum absolute atomic E-state index is 0.358. The first-order valence-electron chi connectivity index (χ1n) is 8.34. The second-order valence-electron chi connectivity index (χ2n) is 5.86. The van der Waals surface area contributed by atoms with E-state index in [-0.39, 0.29) is 6.04 Å². The average Bonchev–Trinajstić information content (AvgIpc) is 2.63. The van der Waals surface area contributed by atoms with Gasteiger partial charge in [0.2, 0.25) is 0 Å². The summed E-state index contributed by atoms with van der Waals surface area (Å²) in [6.45, 7) is 7.03. The Balaban J connectivity index is 2.26. The van der Waals surface area contributed by atoms with Crippen LogP contribution in [0.2, 0.25) is 0 Å². The summed E-state index contributed by atoms with van der Waals surface area (Å²) in [5, 5.41) is 9.78. The van der Waals surface area contributed by atoms with E-state index in [1.165, 1.54) is 0 Å². The minimum atomic E-state index is -0.358. The number of benzene rings is 1. The Morgan fingerprint density at radius 2 is 1.58 bits per heavy atom. The van der Waals surface area contributed by atoms with Crippen LogP contribution >= 0.6 is 0 Å². The van der Waals surface area contributed by atoms with Crippen LogP contribution in [0.15, 0.2) is 12.1 Å². The predicted octanol–water partition coefficient (Wildman–Crippen LogP) is 2.30. The number of hydrogen-bond acceptors (Lipinski definition) is 6. The number of nitriles is 1. The van der Waals surface area contributed by atoms with Crippen molar-refractivity contribution >= 4 is 0 Å². The quantitative estimate of drug-likeness (QED) is 0.763. The molecule has 1 saturated heterocycles. The molecule has 1 heterocycles. The van der Waals surface area contributed by atoms with Crippen molar-refractivity contribution < 1.29 is 14.2 Å². The fraction of sp³-hybridized carbons (Fsp3) is 0.611. The van der Waals surface area contributed by atoms with Gasteiger partial charge in [-0.25, -0.2) is 0 Å². The maximum atomic E-state index is 9.78. The molecule has 1 fully saturated rings. The summed E-state index contributed by atoms with van der Waals surface area (Å²) in [7, 11) is 4.79. The van der Waals surface area contributed by atoms with Gasteiger partial charge in [0.05, 0.1) is 27.4 Å². The van der Waals surface area contributed by atoms with Crippen LogP contribution in [0.25, 0.3) is 0 Å². The highest BCUT2D eigenvalue weighted by atomic mass is 16.5. The van der Waals surface area contributed by atoms with Gasteiger partial charge in [-0.15, -0.1) is 0 Å². The smallest absolute Gasteiger partial charge is 0.164 e. The molecule has 0 bridgehead atoms. The van der Waals surface area contributed by atoms with Crippen molar-refractivity contribution in [3.63, 3.8) is 0 Å². The lowest BCUT2D eigenvalue weighted by atomic mass is 10.0. The standard InChI is InChI=1S/C18H27N3O3/c1-5-6-20-7-9-21(10-8-20)15(13-19)14-11-17(23-3)18(24-4)12-16(14)22-2/h11-12,15H,5-10H2,1-4H3. The predicted molar refractivity (Wildman–Crippen MR) is 92.8 cm³/mol. The molecule has 1 unspecified atom stereocenters. The number of piperazine rings is 1. The summed E-state index contributed by atoms with van der Waals surface area (Å²) in [6.07, 6.45) is 1.16. The molecule has 1 aromatic rings. The molecule has 1 atom stereocenters. The molecule has 6 heteroatoms. The molecule has 1 aliphatic heterocycles. The largest absolute Gasteiger partial charge is 0.496 e. The third-order valence-electron chi connectivity index (χ3n) is 4.46. The summed E-state index contributed by atoms with van der Waals surface area (Å²) in [5.41, 5.74) is 0.821. The average molecular weight is 333 g/mol. The zero-order chi connectivity index (χ0) is 17.5. The zero-order valence-corrected chi connectivity index (χ0v) is 15.0. The molecule has 0 N–H and O–H groups in total. The van der Waals surface area contributed by atoms with Crippen molar-refractivity contribution in [3.8, 4) is 23.3 Å². The molecule has 0 aliphatic carbocycles. The highest BCUT2D eigenvalue weighted by molar-refractivity contribution is 5.53. The van der Waals surface area contributed by atoms with Crippen LogP contribution in [0.3, 0.4) is 0 Å². The minimum Gasteiger partial charge on any atom is -0.496 e. The van der Waals surface area contributed by atoms with Crippen molar-refractivity contribution in [2.75, 3.05) is 54.1 Å². The van der Waals surface area contributed by atoms with Gasteiger partial charge in [-0.3, -0.25) is 4.90 Å². The van der Waals surface area contributed by atoms with Crippen LogP contribution < -0.4 is 14.2 Å².